The van der Waals surface area contributed by atoms with Crippen molar-refractivity contribution in [3.63, 3.8) is 0 Å². The van der Waals surface area contributed by atoms with Gasteiger partial charge in [-0.2, -0.15) is 0 Å². The van der Waals surface area contributed by atoms with Crippen molar-refractivity contribution in [2.45, 2.75) is 31.7 Å². The van der Waals surface area contributed by atoms with E-state index in [1.807, 2.05) is 6.07 Å². The van der Waals surface area contributed by atoms with Crippen LogP contribution in [0.3, 0.4) is 0 Å². The van der Waals surface area contributed by atoms with Crippen molar-refractivity contribution in [2.24, 2.45) is 0 Å². The van der Waals surface area contributed by atoms with E-state index >= 15 is 0 Å². The fraction of sp³-hybridized carbons (Fsp3) is 0.562. The highest BCUT2D eigenvalue weighted by Gasteiger charge is 2.19. The van der Waals surface area contributed by atoms with Crippen molar-refractivity contribution in [1.82, 2.24) is 10.6 Å². The summed E-state index contributed by atoms with van der Waals surface area (Å²) in [6, 6.07) is 6.44. The minimum atomic E-state index is 0.0768. The van der Waals surface area contributed by atoms with Crippen LogP contribution in [0.25, 0.3) is 0 Å². The first-order chi connectivity index (χ1) is 9.74. The number of benzene rings is 1. The number of fused-ring (bicyclic) bond motifs is 1. The van der Waals surface area contributed by atoms with Crippen LogP contribution in [0.1, 0.15) is 35.2 Å². The number of rotatable bonds is 2. The van der Waals surface area contributed by atoms with Gasteiger partial charge in [0.05, 0.1) is 0 Å². The van der Waals surface area contributed by atoms with Gasteiger partial charge in [0.2, 0.25) is 0 Å². The van der Waals surface area contributed by atoms with Gasteiger partial charge in [0.25, 0.3) is 5.91 Å². The molecule has 1 aromatic rings. The zero-order valence-electron chi connectivity index (χ0n) is 12.1. The molecular formula is C16H23N3O. The second kappa shape index (κ2) is 5.83. The lowest BCUT2D eigenvalue weighted by atomic mass is 9.99. The molecule has 0 aromatic heterocycles. The second-order valence-electron chi connectivity index (χ2n) is 5.87. The maximum atomic E-state index is 12.3. The van der Waals surface area contributed by atoms with Crippen LogP contribution in [0.2, 0.25) is 0 Å². The Bertz CT molecular complexity index is 494. The number of nitrogens with one attached hydrogen (secondary N) is 2. The topological polar surface area (TPSA) is 44.4 Å². The number of carbonyl (C=O) groups excluding carboxylic acids is 1. The summed E-state index contributed by atoms with van der Waals surface area (Å²) in [6.45, 7) is 3.10. The highest BCUT2D eigenvalue weighted by Crippen LogP contribution is 2.26. The summed E-state index contributed by atoms with van der Waals surface area (Å²) in [6.07, 6.45) is 4.30. The molecule has 0 saturated carbocycles. The number of hydrogen-bond donors (Lipinski definition) is 2. The molecule has 20 heavy (non-hydrogen) atoms. The zero-order valence-corrected chi connectivity index (χ0v) is 12.1. The minimum absolute atomic E-state index is 0.0768. The first kappa shape index (κ1) is 13.4. The van der Waals surface area contributed by atoms with Gasteiger partial charge in [-0.1, -0.05) is 0 Å². The number of carbonyl (C=O) groups is 1. The maximum Gasteiger partial charge on any atom is 0.251 e. The van der Waals surface area contributed by atoms with Crippen LogP contribution in [0, 0.1) is 0 Å². The Hall–Kier alpha value is -1.55. The molecule has 2 heterocycles. The molecule has 1 amide bonds. The summed E-state index contributed by atoms with van der Waals surface area (Å²) in [5, 5.41) is 6.48. The van der Waals surface area contributed by atoms with Gasteiger partial charge >= 0.3 is 0 Å². The summed E-state index contributed by atoms with van der Waals surface area (Å²) in [7, 11) is 2.12. The van der Waals surface area contributed by atoms with Crippen molar-refractivity contribution >= 4 is 11.6 Å². The monoisotopic (exact) mass is 273 g/mol. The van der Waals surface area contributed by atoms with E-state index in [1.54, 1.807) is 0 Å². The molecule has 2 aliphatic rings. The van der Waals surface area contributed by atoms with E-state index in [0.717, 1.165) is 44.5 Å². The fourth-order valence-electron chi connectivity index (χ4n) is 3.16. The average Bonchev–Trinajstić information content (AvgIpc) is 2.48. The van der Waals surface area contributed by atoms with Crippen molar-refractivity contribution in [3.05, 3.63) is 29.3 Å². The van der Waals surface area contributed by atoms with Crippen molar-refractivity contribution < 1.29 is 4.79 Å². The van der Waals surface area contributed by atoms with Gasteiger partial charge in [-0.3, -0.25) is 4.79 Å². The van der Waals surface area contributed by atoms with E-state index < -0.39 is 0 Å². The lowest BCUT2D eigenvalue weighted by Crippen LogP contribution is -2.42. The molecule has 3 rings (SSSR count). The molecule has 1 aromatic carbocycles. The average molecular weight is 273 g/mol. The zero-order chi connectivity index (χ0) is 13.9. The van der Waals surface area contributed by atoms with Gasteiger partial charge < -0.3 is 15.5 Å². The SMILES string of the molecule is CN1CCCc2cc(C(=O)NC3CCNCC3)ccc21. The molecule has 1 fully saturated rings. The quantitative estimate of drug-likeness (QED) is 0.859. The molecule has 0 aliphatic carbocycles. The van der Waals surface area contributed by atoms with Crippen LogP contribution in [0.4, 0.5) is 5.69 Å². The summed E-state index contributed by atoms with van der Waals surface area (Å²) in [4.78, 5) is 14.6. The predicted octanol–water partition coefficient (Wildman–Crippen LogP) is 1.55. The van der Waals surface area contributed by atoms with Crippen LogP contribution in [-0.4, -0.2) is 38.6 Å². The molecule has 0 unspecified atom stereocenters. The molecule has 0 radical (unpaired) electrons. The standard InChI is InChI=1S/C16H23N3O/c1-19-10-2-3-12-11-13(4-5-15(12)19)16(20)18-14-6-8-17-9-7-14/h4-5,11,14,17H,2-3,6-10H2,1H3,(H,18,20). The van der Waals surface area contributed by atoms with Gasteiger partial charge in [0, 0.05) is 30.9 Å². The largest absolute Gasteiger partial charge is 0.374 e. The Kier molecular flexibility index (Phi) is 3.92. The molecule has 4 heteroatoms. The van der Waals surface area contributed by atoms with Gasteiger partial charge in [-0.25, -0.2) is 0 Å². The second-order valence-corrected chi connectivity index (χ2v) is 5.87. The minimum Gasteiger partial charge on any atom is -0.374 e. The summed E-state index contributed by atoms with van der Waals surface area (Å²) >= 11 is 0. The molecule has 4 nitrogen and oxygen atoms in total. The third kappa shape index (κ3) is 2.80. The van der Waals surface area contributed by atoms with E-state index in [-0.39, 0.29) is 5.91 Å². The van der Waals surface area contributed by atoms with Crippen molar-refractivity contribution in [2.75, 3.05) is 31.6 Å². The van der Waals surface area contributed by atoms with Crippen LogP contribution in [0.5, 0.6) is 0 Å². The predicted molar refractivity (Wildman–Crippen MR) is 81.4 cm³/mol. The maximum absolute atomic E-state index is 12.3. The Balaban J connectivity index is 1.71. The van der Waals surface area contributed by atoms with E-state index in [0.29, 0.717) is 6.04 Å². The Morgan fingerprint density at radius 2 is 2.15 bits per heavy atom. The molecule has 0 spiro atoms. The number of piperidine rings is 1. The van der Waals surface area contributed by atoms with Crippen LogP contribution < -0.4 is 15.5 Å². The first-order valence-electron chi connectivity index (χ1n) is 7.60. The number of aryl methyl sites for hydroxylation is 1. The lowest BCUT2D eigenvalue weighted by molar-refractivity contribution is 0.0929. The summed E-state index contributed by atoms with van der Waals surface area (Å²) in [5.41, 5.74) is 3.38. The van der Waals surface area contributed by atoms with Gasteiger partial charge in [0.1, 0.15) is 0 Å². The molecule has 108 valence electrons. The molecule has 2 aliphatic heterocycles. The van der Waals surface area contributed by atoms with Crippen LogP contribution in [-0.2, 0) is 6.42 Å². The Morgan fingerprint density at radius 1 is 1.35 bits per heavy atom. The number of hydrogen-bond acceptors (Lipinski definition) is 3. The summed E-state index contributed by atoms with van der Waals surface area (Å²) in [5.74, 6) is 0.0768. The third-order valence-electron chi connectivity index (χ3n) is 4.37. The van der Waals surface area contributed by atoms with Crippen molar-refractivity contribution in [3.8, 4) is 0 Å². The van der Waals surface area contributed by atoms with Gasteiger partial charge in [-0.15, -0.1) is 0 Å². The van der Waals surface area contributed by atoms with Crippen molar-refractivity contribution in [1.29, 1.82) is 0 Å². The van der Waals surface area contributed by atoms with Crippen LogP contribution >= 0.6 is 0 Å². The number of amides is 1. The third-order valence-corrected chi connectivity index (χ3v) is 4.37. The first-order valence-corrected chi connectivity index (χ1v) is 7.60. The van der Waals surface area contributed by atoms with E-state index in [9.17, 15) is 4.79 Å². The molecule has 2 N–H and O–H groups in total. The smallest absolute Gasteiger partial charge is 0.251 e. The Morgan fingerprint density at radius 3 is 2.95 bits per heavy atom. The lowest BCUT2D eigenvalue weighted by Gasteiger charge is -2.28. The fourth-order valence-corrected chi connectivity index (χ4v) is 3.16. The molecular weight excluding hydrogens is 250 g/mol. The van der Waals surface area contributed by atoms with Gasteiger partial charge in [0.15, 0.2) is 0 Å². The molecule has 0 bridgehead atoms. The highest BCUT2D eigenvalue weighted by molar-refractivity contribution is 5.95. The van der Waals surface area contributed by atoms with E-state index in [1.165, 1.54) is 17.7 Å². The van der Waals surface area contributed by atoms with E-state index in [2.05, 4.69) is 34.7 Å². The Labute approximate surface area is 120 Å². The molecule has 0 atom stereocenters. The van der Waals surface area contributed by atoms with E-state index in [4.69, 9.17) is 0 Å². The molecule has 1 saturated heterocycles. The summed E-state index contributed by atoms with van der Waals surface area (Å²) < 4.78 is 0. The number of anilines is 1. The normalized spacial score (nSPS) is 19.6. The highest BCUT2D eigenvalue weighted by atomic mass is 16.1. The van der Waals surface area contributed by atoms with Gasteiger partial charge in [-0.05, 0) is 62.5 Å². The number of nitrogens with zero attached hydrogens (tertiary/aromatic N) is 1. The van der Waals surface area contributed by atoms with Crippen LogP contribution in [0.15, 0.2) is 18.2 Å².